The number of hydrogen-bond acceptors (Lipinski definition) is 2. The largest absolute Gasteiger partial charge is 4.00 e. The smallest absolute Gasteiger partial charge is 0.394 e. The zero-order valence-electron chi connectivity index (χ0n) is 2.81. The molecule has 0 unspecified atom stereocenters. The topological polar surface area (TPSA) is 40.5 Å². The Labute approximate surface area is 45.7 Å². The van der Waals surface area contributed by atoms with E-state index < -0.39 is 0 Å². The van der Waals surface area contributed by atoms with Gasteiger partial charge in [0, 0.05) is 0 Å². The van der Waals surface area contributed by atoms with E-state index >= 15 is 0 Å². The van der Waals surface area contributed by atoms with Crippen molar-refractivity contribution in [3.8, 4) is 0 Å². The third-order valence-electron chi connectivity index (χ3n) is 0.1000. The van der Waals surface area contributed by atoms with E-state index in [4.69, 9.17) is 10.2 Å². The molecule has 0 saturated heterocycles. The Hall–Kier alpha value is 0.634. The summed E-state index contributed by atoms with van der Waals surface area (Å²) in [5, 5.41) is 15.2. The van der Waals surface area contributed by atoms with Crippen LogP contribution in [-0.4, -0.2) is 23.4 Å². The minimum Gasteiger partial charge on any atom is -0.394 e. The molecular formula is C2H6O2Ti+4. The minimum atomic E-state index is -0.125. The van der Waals surface area contributed by atoms with Crippen LogP contribution in [0, 0.1) is 0 Å². The summed E-state index contributed by atoms with van der Waals surface area (Å²) in [6.45, 7) is -0.250. The third kappa shape index (κ3) is 12.0. The van der Waals surface area contributed by atoms with Crippen LogP contribution in [0.25, 0.3) is 0 Å². The maximum Gasteiger partial charge on any atom is 4.00 e. The molecule has 0 atom stereocenters. The van der Waals surface area contributed by atoms with Gasteiger partial charge in [-0.2, -0.15) is 0 Å². The monoisotopic (exact) mass is 110 g/mol. The third-order valence-corrected chi connectivity index (χ3v) is 0.1000. The molecule has 0 amide bonds. The maximum atomic E-state index is 7.62. The van der Waals surface area contributed by atoms with Crippen LogP contribution < -0.4 is 0 Å². The molecule has 0 aliphatic rings. The van der Waals surface area contributed by atoms with Crippen LogP contribution in [0.5, 0.6) is 0 Å². The van der Waals surface area contributed by atoms with Gasteiger partial charge in [0.2, 0.25) is 0 Å². The van der Waals surface area contributed by atoms with Crippen molar-refractivity contribution < 1.29 is 31.9 Å². The first-order valence-corrected chi connectivity index (χ1v) is 1.13. The Morgan fingerprint density at radius 2 is 1.20 bits per heavy atom. The molecule has 0 heterocycles. The standard InChI is InChI=1S/C2H6O2.Ti/c3-1-2-4;/h3-4H,1-2H2;/q;+4. The van der Waals surface area contributed by atoms with Crippen LogP contribution in [0.1, 0.15) is 0 Å². The van der Waals surface area contributed by atoms with E-state index in [1.54, 1.807) is 0 Å². The van der Waals surface area contributed by atoms with Crippen LogP contribution in [0.15, 0.2) is 0 Å². The summed E-state index contributed by atoms with van der Waals surface area (Å²) in [5.74, 6) is 0. The SMILES string of the molecule is OCCO.[Ti+4]. The number of hydrogen-bond donors (Lipinski definition) is 2. The maximum absolute atomic E-state index is 7.62. The van der Waals surface area contributed by atoms with Gasteiger partial charge in [0.25, 0.3) is 0 Å². The molecule has 3 heteroatoms. The van der Waals surface area contributed by atoms with E-state index in [1.165, 1.54) is 0 Å². The molecule has 5 heavy (non-hydrogen) atoms. The molecule has 0 bridgehead atoms. The molecular weight excluding hydrogens is 104 g/mol. The molecule has 0 aromatic heterocycles. The summed E-state index contributed by atoms with van der Waals surface area (Å²) >= 11 is 0. The predicted octanol–water partition coefficient (Wildman–Crippen LogP) is -1.03. The fraction of sp³-hybridized carbons (Fsp3) is 1.00. The van der Waals surface area contributed by atoms with Gasteiger partial charge in [0.1, 0.15) is 0 Å². The normalized spacial score (nSPS) is 6.00. The van der Waals surface area contributed by atoms with Gasteiger partial charge in [0.05, 0.1) is 13.2 Å². The molecule has 2 nitrogen and oxygen atoms in total. The van der Waals surface area contributed by atoms with Gasteiger partial charge in [0.15, 0.2) is 0 Å². The first-order chi connectivity index (χ1) is 1.91. The Morgan fingerprint density at radius 3 is 1.20 bits per heavy atom. The second kappa shape index (κ2) is 8.82. The van der Waals surface area contributed by atoms with Crippen LogP contribution in [0.4, 0.5) is 0 Å². The van der Waals surface area contributed by atoms with Crippen LogP contribution in [0.3, 0.4) is 0 Å². The van der Waals surface area contributed by atoms with Gasteiger partial charge in [-0.3, -0.25) is 0 Å². The zero-order chi connectivity index (χ0) is 3.41. The number of aliphatic hydroxyl groups is 2. The number of aliphatic hydroxyl groups excluding tert-OH is 2. The van der Waals surface area contributed by atoms with Crippen molar-refractivity contribution in [1.82, 2.24) is 0 Å². The predicted molar refractivity (Wildman–Crippen MR) is 14.2 cm³/mol. The summed E-state index contributed by atoms with van der Waals surface area (Å²) in [4.78, 5) is 0. The van der Waals surface area contributed by atoms with Crippen molar-refractivity contribution in [1.29, 1.82) is 0 Å². The average Bonchev–Trinajstić information content (AvgIpc) is 1.37. The summed E-state index contributed by atoms with van der Waals surface area (Å²) in [5.41, 5.74) is 0. The second-order valence-electron chi connectivity index (χ2n) is 0.447. The molecule has 0 aliphatic carbocycles. The van der Waals surface area contributed by atoms with E-state index in [0.717, 1.165) is 0 Å². The zero-order valence-corrected chi connectivity index (χ0v) is 4.37. The molecule has 0 aromatic rings. The van der Waals surface area contributed by atoms with Crippen LogP contribution in [0.2, 0.25) is 0 Å². The van der Waals surface area contributed by atoms with Crippen molar-refractivity contribution in [3.63, 3.8) is 0 Å². The number of rotatable bonds is 1. The molecule has 0 saturated carbocycles. The molecule has 0 spiro atoms. The van der Waals surface area contributed by atoms with E-state index in [2.05, 4.69) is 0 Å². The Balaban J connectivity index is 0. The Bertz CT molecular complexity index is 9.61. The van der Waals surface area contributed by atoms with E-state index in [9.17, 15) is 0 Å². The quantitative estimate of drug-likeness (QED) is 0.423. The molecule has 0 aliphatic heterocycles. The molecule has 2 N–H and O–H groups in total. The van der Waals surface area contributed by atoms with Crippen molar-refractivity contribution in [3.05, 3.63) is 0 Å². The van der Waals surface area contributed by atoms with Gasteiger partial charge >= 0.3 is 21.7 Å². The fourth-order valence-corrected chi connectivity index (χ4v) is 0. The summed E-state index contributed by atoms with van der Waals surface area (Å²) in [7, 11) is 0. The second-order valence-corrected chi connectivity index (χ2v) is 0.447. The van der Waals surface area contributed by atoms with Crippen LogP contribution >= 0.6 is 0 Å². The summed E-state index contributed by atoms with van der Waals surface area (Å²) < 4.78 is 0. The van der Waals surface area contributed by atoms with Crippen molar-refractivity contribution >= 4 is 0 Å². The molecule has 0 radical (unpaired) electrons. The average molecular weight is 110 g/mol. The minimum absolute atomic E-state index is 0. The van der Waals surface area contributed by atoms with Crippen molar-refractivity contribution in [2.45, 2.75) is 0 Å². The van der Waals surface area contributed by atoms with E-state index in [-0.39, 0.29) is 34.9 Å². The van der Waals surface area contributed by atoms with Crippen LogP contribution in [-0.2, 0) is 21.7 Å². The van der Waals surface area contributed by atoms with Crippen molar-refractivity contribution in [2.24, 2.45) is 0 Å². The van der Waals surface area contributed by atoms with Gasteiger partial charge in [-0.25, -0.2) is 0 Å². The summed E-state index contributed by atoms with van der Waals surface area (Å²) in [6.07, 6.45) is 0. The summed E-state index contributed by atoms with van der Waals surface area (Å²) in [6, 6.07) is 0. The Kier molecular flexibility index (Phi) is 16.2. The van der Waals surface area contributed by atoms with Gasteiger partial charge in [-0.1, -0.05) is 0 Å². The van der Waals surface area contributed by atoms with E-state index in [1.807, 2.05) is 0 Å². The van der Waals surface area contributed by atoms with Gasteiger partial charge < -0.3 is 10.2 Å². The van der Waals surface area contributed by atoms with Gasteiger partial charge in [-0.15, -0.1) is 0 Å². The molecule has 0 rings (SSSR count). The molecule has 26 valence electrons. The van der Waals surface area contributed by atoms with E-state index in [0.29, 0.717) is 0 Å². The first-order valence-electron chi connectivity index (χ1n) is 1.13. The molecule has 0 aromatic carbocycles. The van der Waals surface area contributed by atoms with Gasteiger partial charge in [-0.05, 0) is 0 Å². The molecule has 0 fully saturated rings. The first kappa shape index (κ1) is 9.16. The Morgan fingerprint density at radius 1 is 1.00 bits per heavy atom. The fourth-order valence-electron chi connectivity index (χ4n) is 0. The van der Waals surface area contributed by atoms with Crippen molar-refractivity contribution in [2.75, 3.05) is 13.2 Å².